The lowest BCUT2D eigenvalue weighted by Crippen LogP contribution is -2.34. The van der Waals surface area contributed by atoms with Crippen molar-refractivity contribution < 1.29 is 14.7 Å². The minimum Gasteiger partial charge on any atom is -0.478 e. The number of amides is 1. The summed E-state index contributed by atoms with van der Waals surface area (Å²) in [6.07, 6.45) is 2.50. The van der Waals surface area contributed by atoms with Crippen molar-refractivity contribution in [2.24, 2.45) is 0 Å². The molecule has 1 amide bonds. The highest BCUT2D eigenvalue weighted by Gasteiger charge is 2.09. The first-order valence-corrected chi connectivity index (χ1v) is 8.03. The first kappa shape index (κ1) is 18.6. The Morgan fingerprint density at radius 3 is 2.64 bits per heavy atom. The molecule has 3 N–H and O–H groups in total. The zero-order valence-electron chi connectivity index (χ0n) is 13.2. The number of halogens is 1. The number of carbonyl (C=O) groups is 2. The molecule has 0 spiro atoms. The van der Waals surface area contributed by atoms with Crippen LogP contribution in [0.25, 0.3) is 6.08 Å². The molecule has 0 aliphatic heterocycles. The van der Waals surface area contributed by atoms with Crippen molar-refractivity contribution in [1.29, 1.82) is 0 Å². The maximum atomic E-state index is 12.2. The van der Waals surface area contributed by atoms with Crippen molar-refractivity contribution in [3.8, 4) is 0 Å². The lowest BCUT2D eigenvalue weighted by atomic mass is 10.1. The quantitative estimate of drug-likeness (QED) is 0.559. The van der Waals surface area contributed by atoms with Crippen LogP contribution < -0.4 is 10.6 Å². The topological polar surface area (TPSA) is 78.4 Å². The fraction of sp³-hybridized carbons (Fsp3) is 0.0556. The summed E-state index contributed by atoms with van der Waals surface area (Å²) in [6.45, 7) is 1.85. The van der Waals surface area contributed by atoms with Crippen molar-refractivity contribution in [2.75, 3.05) is 5.32 Å². The van der Waals surface area contributed by atoms with Gasteiger partial charge in [-0.3, -0.25) is 10.1 Å². The second-order valence-corrected chi connectivity index (χ2v) is 5.98. The van der Waals surface area contributed by atoms with E-state index >= 15 is 0 Å². The molecule has 2 aromatic carbocycles. The molecule has 2 aromatic rings. The SMILES string of the molecule is Cc1ccc(C(=O)NC(=S)Nc2cccc(/C=C/C(=O)O)c2)cc1Cl. The van der Waals surface area contributed by atoms with E-state index in [1.54, 1.807) is 42.5 Å². The van der Waals surface area contributed by atoms with Gasteiger partial charge in [0.05, 0.1) is 0 Å². The van der Waals surface area contributed by atoms with Crippen LogP contribution in [0.3, 0.4) is 0 Å². The van der Waals surface area contributed by atoms with Crippen LogP contribution in [0.2, 0.25) is 5.02 Å². The van der Waals surface area contributed by atoms with Gasteiger partial charge in [-0.2, -0.15) is 0 Å². The Labute approximate surface area is 155 Å². The van der Waals surface area contributed by atoms with Crippen molar-refractivity contribution in [3.05, 3.63) is 70.3 Å². The van der Waals surface area contributed by atoms with Gasteiger partial charge in [0.2, 0.25) is 0 Å². The van der Waals surface area contributed by atoms with E-state index in [1.165, 1.54) is 6.08 Å². The first-order chi connectivity index (χ1) is 11.8. The molecule has 0 saturated heterocycles. The molecule has 0 unspecified atom stereocenters. The number of aliphatic carboxylic acids is 1. The molecule has 7 heteroatoms. The molecule has 0 fully saturated rings. The van der Waals surface area contributed by atoms with E-state index in [-0.39, 0.29) is 11.0 Å². The van der Waals surface area contributed by atoms with E-state index in [2.05, 4.69) is 10.6 Å². The summed E-state index contributed by atoms with van der Waals surface area (Å²) in [5, 5.41) is 14.7. The highest BCUT2D eigenvalue weighted by atomic mass is 35.5. The Kier molecular flexibility index (Phi) is 6.27. The molecule has 0 atom stereocenters. The molecule has 0 bridgehead atoms. The number of hydrogen-bond acceptors (Lipinski definition) is 3. The Hall–Kier alpha value is -2.70. The number of carbonyl (C=O) groups excluding carboxylic acids is 1. The third kappa shape index (κ3) is 5.70. The molecule has 5 nitrogen and oxygen atoms in total. The molecule has 0 aliphatic carbocycles. The highest BCUT2D eigenvalue weighted by molar-refractivity contribution is 7.80. The molecule has 0 heterocycles. The monoisotopic (exact) mass is 374 g/mol. The highest BCUT2D eigenvalue weighted by Crippen LogP contribution is 2.17. The summed E-state index contributed by atoms with van der Waals surface area (Å²) in [5.74, 6) is -1.40. The van der Waals surface area contributed by atoms with Gasteiger partial charge in [-0.05, 0) is 60.6 Å². The van der Waals surface area contributed by atoms with Crippen LogP contribution in [-0.2, 0) is 4.79 Å². The van der Waals surface area contributed by atoms with Gasteiger partial charge in [0, 0.05) is 22.3 Å². The summed E-state index contributed by atoms with van der Waals surface area (Å²) < 4.78 is 0. The van der Waals surface area contributed by atoms with E-state index in [4.69, 9.17) is 28.9 Å². The minimum absolute atomic E-state index is 0.126. The molecule has 0 radical (unpaired) electrons. The van der Waals surface area contributed by atoms with Crippen LogP contribution in [-0.4, -0.2) is 22.1 Å². The van der Waals surface area contributed by atoms with Crippen molar-refractivity contribution in [2.45, 2.75) is 6.92 Å². The van der Waals surface area contributed by atoms with Gasteiger partial charge in [-0.1, -0.05) is 29.8 Å². The van der Waals surface area contributed by atoms with E-state index in [0.717, 1.165) is 11.6 Å². The predicted octanol–water partition coefficient (Wildman–Crippen LogP) is 3.87. The zero-order valence-corrected chi connectivity index (χ0v) is 14.8. The first-order valence-electron chi connectivity index (χ1n) is 7.25. The lowest BCUT2D eigenvalue weighted by molar-refractivity contribution is -0.131. The Morgan fingerprint density at radius 1 is 1.20 bits per heavy atom. The van der Waals surface area contributed by atoms with Gasteiger partial charge in [0.25, 0.3) is 5.91 Å². The van der Waals surface area contributed by atoms with Crippen LogP contribution in [0.4, 0.5) is 5.69 Å². The average molecular weight is 375 g/mol. The van der Waals surface area contributed by atoms with Crippen LogP contribution in [0.15, 0.2) is 48.5 Å². The van der Waals surface area contributed by atoms with Crippen molar-refractivity contribution in [1.82, 2.24) is 5.32 Å². The second-order valence-electron chi connectivity index (χ2n) is 5.17. The Bertz CT molecular complexity index is 865. The number of anilines is 1. The van der Waals surface area contributed by atoms with E-state index in [1.807, 2.05) is 6.92 Å². The third-order valence-corrected chi connectivity index (χ3v) is 3.84. The van der Waals surface area contributed by atoms with Crippen LogP contribution in [0.1, 0.15) is 21.5 Å². The van der Waals surface area contributed by atoms with Gasteiger partial charge >= 0.3 is 5.97 Å². The molecule has 0 saturated carbocycles. The Balaban J connectivity index is 2.02. The number of aryl methyl sites for hydroxylation is 1. The van der Waals surface area contributed by atoms with Crippen LogP contribution in [0, 0.1) is 6.92 Å². The maximum Gasteiger partial charge on any atom is 0.328 e. The third-order valence-electron chi connectivity index (χ3n) is 3.22. The number of thiocarbonyl (C=S) groups is 1. The minimum atomic E-state index is -1.03. The smallest absolute Gasteiger partial charge is 0.328 e. The summed E-state index contributed by atoms with van der Waals surface area (Å²) in [6, 6.07) is 11.9. The van der Waals surface area contributed by atoms with Crippen molar-refractivity contribution >= 4 is 52.6 Å². The molecule has 128 valence electrons. The number of hydrogen-bond donors (Lipinski definition) is 3. The maximum absolute atomic E-state index is 12.2. The number of carboxylic acids is 1. The Morgan fingerprint density at radius 2 is 1.96 bits per heavy atom. The number of benzene rings is 2. The number of rotatable bonds is 4. The predicted molar refractivity (Wildman–Crippen MR) is 103 cm³/mol. The zero-order chi connectivity index (χ0) is 18.4. The van der Waals surface area contributed by atoms with E-state index in [9.17, 15) is 9.59 Å². The molecule has 2 rings (SSSR count). The van der Waals surface area contributed by atoms with E-state index in [0.29, 0.717) is 21.8 Å². The molecule has 0 aromatic heterocycles. The summed E-state index contributed by atoms with van der Waals surface area (Å²) in [7, 11) is 0. The fourth-order valence-corrected chi connectivity index (χ4v) is 2.35. The van der Waals surface area contributed by atoms with Gasteiger partial charge in [-0.25, -0.2) is 4.79 Å². The van der Waals surface area contributed by atoms with Gasteiger partial charge < -0.3 is 10.4 Å². The van der Waals surface area contributed by atoms with Gasteiger partial charge in [0.1, 0.15) is 0 Å². The van der Waals surface area contributed by atoms with Crippen LogP contribution >= 0.6 is 23.8 Å². The largest absolute Gasteiger partial charge is 0.478 e. The van der Waals surface area contributed by atoms with Gasteiger partial charge in [0.15, 0.2) is 5.11 Å². The summed E-state index contributed by atoms with van der Waals surface area (Å²) in [5.41, 5.74) is 2.59. The average Bonchev–Trinajstić information content (AvgIpc) is 2.55. The molecular formula is C18H15ClN2O3S. The normalized spacial score (nSPS) is 10.5. The van der Waals surface area contributed by atoms with E-state index < -0.39 is 5.97 Å². The number of nitrogens with one attached hydrogen (secondary N) is 2. The summed E-state index contributed by atoms with van der Waals surface area (Å²) in [4.78, 5) is 22.7. The summed E-state index contributed by atoms with van der Waals surface area (Å²) >= 11 is 11.1. The van der Waals surface area contributed by atoms with Gasteiger partial charge in [-0.15, -0.1) is 0 Å². The second kappa shape index (κ2) is 8.41. The molecule has 0 aliphatic rings. The van der Waals surface area contributed by atoms with Crippen LogP contribution in [0.5, 0.6) is 0 Å². The molecule has 25 heavy (non-hydrogen) atoms. The lowest BCUT2D eigenvalue weighted by Gasteiger charge is -2.10. The molecular weight excluding hydrogens is 360 g/mol. The number of carboxylic acid groups (broad SMARTS) is 1. The fourth-order valence-electron chi connectivity index (χ4n) is 1.96. The van der Waals surface area contributed by atoms with Crippen molar-refractivity contribution in [3.63, 3.8) is 0 Å². The standard InChI is InChI=1S/C18H15ClN2O3S/c1-11-5-7-13(10-15(11)19)17(24)21-18(25)20-14-4-2-3-12(9-14)6-8-16(22)23/h2-10H,1H3,(H,22,23)(H2,20,21,24,25)/b8-6+.